The second-order valence-corrected chi connectivity index (χ2v) is 5.62. The van der Waals surface area contributed by atoms with Crippen LogP contribution in [0.1, 0.15) is 57.1 Å². The largest absolute Gasteiger partial charge is 0.306 e. The van der Waals surface area contributed by atoms with Gasteiger partial charge < -0.3 is 5.32 Å². The van der Waals surface area contributed by atoms with E-state index in [1.807, 2.05) is 6.07 Å². The molecule has 1 saturated carbocycles. The molecule has 0 amide bonds. The molecule has 102 valence electrons. The maximum absolute atomic E-state index is 9.02. The third-order valence-electron chi connectivity index (χ3n) is 4.36. The summed E-state index contributed by atoms with van der Waals surface area (Å²) in [5, 5.41) is 12.7. The van der Waals surface area contributed by atoms with Gasteiger partial charge in [0.25, 0.3) is 0 Å². The maximum Gasteiger partial charge on any atom is 0.0641 e. The van der Waals surface area contributed by atoms with Gasteiger partial charge in [-0.05, 0) is 37.2 Å². The topological polar surface area (TPSA) is 35.8 Å². The summed E-state index contributed by atoms with van der Waals surface area (Å²) in [4.78, 5) is 0. The van der Waals surface area contributed by atoms with E-state index in [1.54, 1.807) is 0 Å². The van der Waals surface area contributed by atoms with Gasteiger partial charge in [-0.1, -0.05) is 43.7 Å². The van der Waals surface area contributed by atoms with Crippen LogP contribution >= 0.6 is 0 Å². The number of hydrogen-bond donors (Lipinski definition) is 1. The van der Waals surface area contributed by atoms with Gasteiger partial charge in [0.15, 0.2) is 0 Å². The van der Waals surface area contributed by atoms with Crippen molar-refractivity contribution >= 4 is 0 Å². The molecular weight excluding hydrogens is 232 g/mol. The average molecular weight is 256 g/mol. The van der Waals surface area contributed by atoms with Crippen LogP contribution < -0.4 is 5.32 Å². The SMILES string of the molecule is CCC1CCC(NC(CC#N)c2ccccc2)CC1. The van der Waals surface area contributed by atoms with Gasteiger partial charge >= 0.3 is 0 Å². The Kier molecular flexibility index (Phi) is 5.42. The normalized spacial score (nSPS) is 24.6. The Morgan fingerprint density at radius 1 is 1.21 bits per heavy atom. The van der Waals surface area contributed by atoms with Crippen molar-refractivity contribution in [3.63, 3.8) is 0 Å². The fourth-order valence-corrected chi connectivity index (χ4v) is 3.07. The van der Waals surface area contributed by atoms with Crippen LogP contribution in [-0.4, -0.2) is 6.04 Å². The highest BCUT2D eigenvalue weighted by atomic mass is 15.0. The number of nitriles is 1. The summed E-state index contributed by atoms with van der Waals surface area (Å²) in [6.45, 7) is 2.29. The van der Waals surface area contributed by atoms with Crippen LogP contribution in [-0.2, 0) is 0 Å². The molecule has 1 atom stereocenters. The number of nitrogens with one attached hydrogen (secondary N) is 1. The predicted octanol–water partition coefficient (Wildman–Crippen LogP) is 4.20. The standard InChI is InChI=1S/C17H24N2/c1-2-14-8-10-16(11-9-14)19-17(12-13-18)15-6-4-3-5-7-15/h3-7,14,16-17,19H,2,8-12H2,1H3. The van der Waals surface area contributed by atoms with Gasteiger partial charge in [0.05, 0.1) is 12.5 Å². The van der Waals surface area contributed by atoms with Crippen molar-refractivity contribution < 1.29 is 0 Å². The highest BCUT2D eigenvalue weighted by Crippen LogP contribution is 2.28. The second-order valence-electron chi connectivity index (χ2n) is 5.62. The lowest BCUT2D eigenvalue weighted by molar-refractivity contribution is 0.270. The molecule has 0 aromatic heterocycles. The van der Waals surface area contributed by atoms with Gasteiger partial charge in [0, 0.05) is 12.1 Å². The Hall–Kier alpha value is -1.33. The predicted molar refractivity (Wildman–Crippen MR) is 78.6 cm³/mol. The molecular formula is C17H24N2. The molecule has 1 aromatic carbocycles. The molecule has 2 rings (SSSR count). The zero-order chi connectivity index (χ0) is 13.5. The summed E-state index contributed by atoms with van der Waals surface area (Å²) in [5.41, 5.74) is 1.24. The smallest absolute Gasteiger partial charge is 0.0641 e. The molecule has 1 aliphatic carbocycles. The van der Waals surface area contributed by atoms with Crippen molar-refractivity contribution in [2.24, 2.45) is 5.92 Å². The quantitative estimate of drug-likeness (QED) is 0.857. The minimum atomic E-state index is 0.189. The summed E-state index contributed by atoms with van der Waals surface area (Å²) in [6, 6.07) is 13.5. The maximum atomic E-state index is 9.02. The van der Waals surface area contributed by atoms with Crippen molar-refractivity contribution in [3.05, 3.63) is 35.9 Å². The van der Waals surface area contributed by atoms with E-state index in [4.69, 9.17) is 5.26 Å². The molecule has 19 heavy (non-hydrogen) atoms. The molecule has 2 nitrogen and oxygen atoms in total. The van der Waals surface area contributed by atoms with Crippen LogP contribution in [0.5, 0.6) is 0 Å². The van der Waals surface area contributed by atoms with E-state index in [0.29, 0.717) is 12.5 Å². The average Bonchev–Trinajstić information content (AvgIpc) is 2.48. The number of rotatable bonds is 5. The van der Waals surface area contributed by atoms with Crippen molar-refractivity contribution in [1.82, 2.24) is 5.32 Å². The molecule has 0 saturated heterocycles. The molecule has 0 spiro atoms. The van der Waals surface area contributed by atoms with E-state index in [9.17, 15) is 0 Å². The van der Waals surface area contributed by atoms with Gasteiger partial charge in [-0.3, -0.25) is 0 Å². The Balaban J connectivity index is 1.93. The fraction of sp³-hybridized carbons (Fsp3) is 0.588. The minimum Gasteiger partial charge on any atom is -0.306 e. The third-order valence-corrected chi connectivity index (χ3v) is 4.36. The van der Waals surface area contributed by atoms with E-state index in [2.05, 4.69) is 42.6 Å². The van der Waals surface area contributed by atoms with Gasteiger partial charge in [-0.2, -0.15) is 5.26 Å². The highest BCUT2D eigenvalue weighted by Gasteiger charge is 2.22. The minimum absolute atomic E-state index is 0.189. The number of hydrogen-bond acceptors (Lipinski definition) is 2. The molecule has 1 unspecified atom stereocenters. The summed E-state index contributed by atoms with van der Waals surface area (Å²) in [7, 11) is 0. The summed E-state index contributed by atoms with van der Waals surface area (Å²) < 4.78 is 0. The molecule has 1 aromatic rings. The Morgan fingerprint density at radius 2 is 1.89 bits per heavy atom. The van der Waals surface area contributed by atoms with Crippen molar-refractivity contribution in [2.75, 3.05) is 0 Å². The highest BCUT2D eigenvalue weighted by molar-refractivity contribution is 5.20. The van der Waals surface area contributed by atoms with Gasteiger partial charge in [-0.15, -0.1) is 0 Å². The van der Waals surface area contributed by atoms with Crippen LogP contribution in [0.25, 0.3) is 0 Å². The van der Waals surface area contributed by atoms with Gasteiger partial charge in [0.1, 0.15) is 0 Å². The first-order valence-electron chi connectivity index (χ1n) is 7.51. The van der Waals surface area contributed by atoms with E-state index in [0.717, 1.165) is 5.92 Å². The molecule has 2 heteroatoms. The third kappa shape index (κ3) is 4.08. The van der Waals surface area contributed by atoms with Crippen LogP contribution in [0.2, 0.25) is 0 Å². The monoisotopic (exact) mass is 256 g/mol. The first-order valence-corrected chi connectivity index (χ1v) is 7.51. The van der Waals surface area contributed by atoms with Crippen molar-refractivity contribution in [2.45, 2.75) is 57.5 Å². The lowest BCUT2D eigenvalue weighted by Crippen LogP contribution is -2.35. The molecule has 1 fully saturated rings. The lowest BCUT2D eigenvalue weighted by atomic mass is 9.84. The second kappa shape index (κ2) is 7.31. The zero-order valence-corrected chi connectivity index (χ0v) is 11.8. The Morgan fingerprint density at radius 3 is 2.47 bits per heavy atom. The van der Waals surface area contributed by atoms with E-state index >= 15 is 0 Å². The van der Waals surface area contributed by atoms with E-state index < -0.39 is 0 Å². The summed E-state index contributed by atoms with van der Waals surface area (Å²) in [5.74, 6) is 0.921. The molecule has 0 aliphatic heterocycles. The van der Waals surface area contributed by atoms with Crippen molar-refractivity contribution in [1.29, 1.82) is 5.26 Å². The van der Waals surface area contributed by atoms with Crippen LogP contribution in [0, 0.1) is 17.2 Å². The summed E-state index contributed by atoms with van der Waals surface area (Å²) >= 11 is 0. The van der Waals surface area contributed by atoms with Crippen LogP contribution in [0.4, 0.5) is 0 Å². The van der Waals surface area contributed by atoms with E-state index in [-0.39, 0.29) is 6.04 Å². The van der Waals surface area contributed by atoms with Crippen molar-refractivity contribution in [3.8, 4) is 6.07 Å². The van der Waals surface area contributed by atoms with Crippen LogP contribution in [0.3, 0.4) is 0 Å². The number of nitrogens with zero attached hydrogens (tertiary/aromatic N) is 1. The first-order chi connectivity index (χ1) is 9.33. The number of benzene rings is 1. The van der Waals surface area contributed by atoms with E-state index in [1.165, 1.54) is 37.7 Å². The molecule has 0 radical (unpaired) electrons. The summed E-state index contributed by atoms with van der Waals surface area (Å²) in [6.07, 6.45) is 7.05. The molecule has 1 aliphatic rings. The molecule has 1 N–H and O–H groups in total. The van der Waals surface area contributed by atoms with Gasteiger partial charge in [0.2, 0.25) is 0 Å². The zero-order valence-electron chi connectivity index (χ0n) is 11.8. The fourth-order valence-electron chi connectivity index (χ4n) is 3.07. The molecule has 0 heterocycles. The Labute approximate surface area is 116 Å². The Bertz CT molecular complexity index is 399. The molecule has 0 bridgehead atoms. The lowest BCUT2D eigenvalue weighted by Gasteiger charge is -2.31. The first kappa shape index (κ1) is 14.1. The van der Waals surface area contributed by atoms with Gasteiger partial charge in [-0.25, -0.2) is 0 Å². The van der Waals surface area contributed by atoms with Crippen LogP contribution in [0.15, 0.2) is 30.3 Å².